The maximum atomic E-state index is 13.0. The number of fused-ring (bicyclic) bond motifs is 3. The van der Waals surface area contributed by atoms with Crippen molar-refractivity contribution in [2.24, 2.45) is 0 Å². The van der Waals surface area contributed by atoms with Crippen LogP contribution >= 0.6 is 11.3 Å². The summed E-state index contributed by atoms with van der Waals surface area (Å²) in [6.45, 7) is 4.62. The van der Waals surface area contributed by atoms with Crippen molar-refractivity contribution < 1.29 is 14.3 Å². The first-order valence-electron chi connectivity index (χ1n) is 12.7. The number of hydrogen-bond donors (Lipinski definition) is 2. The molecule has 8 heteroatoms. The topological polar surface area (TPSA) is 79.5 Å². The Balaban J connectivity index is 1.09. The molecule has 1 unspecified atom stereocenters. The lowest BCUT2D eigenvalue weighted by atomic mass is 9.91. The molecule has 2 aromatic heterocycles. The number of carbonyl (C=O) groups is 1. The molecule has 2 aliphatic heterocycles. The molecule has 37 heavy (non-hydrogen) atoms. The van der Waals surface area contributed by atoms with Crippen molar-refractivity contribution in [2.75, 3.05) is 38.7 Å². The number of anilines is 1. The third kappa shape index (κ3) is 3.87. The van der Waals surface area contributed by atoms with Gasteiger partial charge in [-0.15, -0.1) is 11.3 Å². The van der Waals surface area contributed by atoms with Crippen molar-refractivity contribution in [1.29, 1.82) is 0 Å². The van der Waals surface area contributed by atoms with Crippen molar-refractivity contribution >= 4 is 46.0 Å². The van der Waals surface area contributed by atoms with Gasteiger partial charge in [0.05, 0.1) is 36.9 Å². The van der Waals surface area contributed by atoms with Crippen molar-refractivity contribution in [1.82, 2.24) is 15.1 Å². The number of amides is 1. The number of benzene rings is 2. The smallest absolute Gasteiger partial charge is 0.235 e. The van der Waals surface area contributed by atoms with Gasteiger partial charge in [0, 0.05) is 41.5 Å². The first kappa shape index (κ1) is 22.7. The van der Waals surface area contributed by atoms with Crippen LogP contribution in [0.4, 0.5) is 5.69 Å². The van der Waals surface area contributed by atoms with Crippen LogP contribution in [0.2, 0.25) is 0 Å². The predicted octanol–water partition coefficient (Wildman–Crippen LogP) is 5.01. The maximum Gasteiger partial charge on any atom is 0.235 e. The lowest BCUT2D eigenvalue weighted by molar-refractivity contribution is -0.118. The van der Waals surface area contributed by atoms with Crippen molar-refractivity contribution in [2.45, 2.75) is 24.3 Å². The molecule has 2 aromatic carbocycles. The summed E-state index contributed by atoms with van der Waals surface area (Å²) in [7, 11) is 1.66. The molecular formula is C29H28N4O3S. The average molecular weight is 513 g/mol. The van der Waals surface area contributed by atoms with Gasteiger partial charge in [-0.1, -0.05) is 18.2 Å². The van der Waals surface area contributed by atoms with E-state index in [4.69, 9.17) is 9.47 Å². The largest absolute Gasteiger partial charge is 0.497 e. The van der Waals surface area contributed by atoms with Crippen molar-refractivity contribution in [3.8, 4) is 5.75 Å². The number of rotatable bonds is 6. The lowest BCUT2D eigenvalue weighted by Crippen LogP contribution is -2.35. The van der Waals surface area contributed by atoms with E-state index in [0.29, 0.717) is 0 Å². The molecular weight excluding hydrogens is 484 g/mol. The Morgan fingerprint density at radius 3 is 2.95 bits per heavy atom. The fourth-order valence-corrected chi connectivity index (χ4v) is 6.72. The van der Waals surface area contributed by atoms with E-state index in [-0.39, 0.29) is 11.8 Å². The molecule has 2 fully saturated rings. The number of ether oxygens (including phenoxy) is 2. The molecule has 188 valence electrons. The summed E-state index contributed by atoms with van der Waals surface area (Å²) in [4.78, 5) is 16.8. The Bertz CT molecular complexity index is 1530. The highest BCUT2D eigenvalue weighted by molar-refractivity contribution is 7.10. The van der Waals surface area contributed by atoms with Crippen molar-refractivity contribution in [3.05, 3.63) is 75.1 Å². The van der Waals surface area contributed by atoms with Crippen LogP contribution in [0.5, 0.6) is 5.75 Å². The van der Waals surface area contributed by atoms with Crippen LogP contribution in [0.25, 0.3) is 23.1 Å². The zero-order valence-corrected chi connectivity index (χ0v) is 21.4. The first-order chi connectivity index (χ1) is 18.1. The summed E-state index contributed by atoms with van der Waals surface area (Å²) in [5.74, 6) is 1.00. The number of H-pyrrole nitrogens is 1. The van der Waals surface area contributed by atoms with Crippen LogP contribution in [0.3, 0.4) is 0 Å². The van der Waals surface area contributed by atoms with Crippen LogP contribution < -0.4 is 10.1 Å². The zero-order valence-electron chi connectivity index (χ0n) is 20.6. The van der Waals surface area contributed by atoms with E-state index in [2.05, 4.69) is 62.2 Å². The van der Waals surface area contributed by atoms with Gasteiger partial charge >= 0.3 is 0 Å². The molecule has 0 bridgehead atoms. The van der Waals surface area contributed by atoms with Gasteiger partial charge in [0.25, 0.3) is 0 Å². The van der Waals surface area contributed by atoms with E-state index in [1.54, 1.807) is 18.4 Å². The van der Waals surface area contributed by atoms with Crippen LogP contribution in [0.15, 0.2) is 47.8 Å². The zero-order chi connectivity index (χ0) is 25.0. The minimum Gasteiger partial charge on any atom is -0.497 e. The Hall–Kier alpha value is -3.46. The molecule has 1 saturated heterocycles. The molecule has 1 spiro atoms. The minimum absolute atomic E-state index is 0.0813. The third-order valence-electron chi connectivity index (χ3n) is 7.93. The normalized spacial score (nSPS) is 23.2. The van der Waals surface area contributed by atoms with Gasteiger partial charge in [0.2, 0.25) is 5.91 Å². The van der Waals surface area contributed by atoms with E-state index in [0.717, 1.165) is 78.4 Å². The van der Waals surface area contributed by atoms with Gasteiger partial charge in [-0.3, -0.25) is 14.8 Å². The Labute approximate surface area is 219 Å². The fourth-order valence-electron chi connectivity index (χ4n) is 5.82. The summed E-state index contributed by atoms with van der Waals surface area (Å²) in [5.41, 5.74) is 5.69. The Morgan fingerprint density at radius 2 is 2.08 bits per heavy atom. The monoisotopic (exact) mass is 512 g/mol. The highest BCUT2D eigenvalue weighted by atomic mass is 32.1. The SMILES string of the molecule is COc1ccc2c(c1)C1(C[C@H]1c1ccc3c(/C=C/c4csc(CN5CCOCC5)c4)n[nH]c3c1)C(=O)N2. The van der Waals surface area contributed by atoms with Gasteiger partial charge in [-0.05, 0) is 64.9 Å². The van der Waals surface area contributed by atoms with E-state index < -0.39 is 5.41 Å². The summed E-state index contributed by atoms with van der Waals surface area (Å²) in [6, 6.07) is 14.5. The van der Waals surface area contributed by atoms with Crippen LogP contribution in [0, 0.1) is 0 Å². The van der Waals surface area contributed by atoms with Crippen LogP contribution in [0.1, 0.15) is 39.6 Å². The number of morpholine rings is 1. The number of aromatic nitrogens is 2. The number of carbonyl (C=O) groups excluding carboxylic acids is 1. The second kappa shape index (κ2) is 8.83. The van der Waals surface area contributed by atoms with E-state index >= 15 is 0 Å². The van der Waals surface area contributed by atoms with Gasteiger partial charge in [0.15, 0.2) is 0 Å². The number of nitrogens with one attached hydrogen (secondary N) is 2. The molecule has 1 saturated carbocycles. The predicted molar refractivity (Wildman–Crippen MR) is 146 cm³/mol. The highest BCUT2D eigenvalue weighted by Gasteiger charge is 2.65. The number of methoxy groups -OCH3 is 1. The van der Waals surface area contributed by atoms with Crippen LogP contribution in [-0.4, -0.2) is 54.4 Å². The van der Waals surface area contributed by atoms with Gasteiger partial charge < -0.3 is 14.8 Å². The molecule has 0 radical (unpaired) electrons. The summed E-state index contributed by atoms with van der Waals surface area (Å²) in [6.07, 6.45) is 5.01. The lowest BCUT2D eigenvalue weighted by Gasteiger charge is -2.25. The summed E-state index contributed by atoms with van der Waals surface area (Å²) in [5, 5.41) is 14.1. The molecule has 7 nitrogen and oxygen atoms in total. The van der Waals surface area contributed by atoms with E-state index in [1.165, 1.54) is 10.4 Å². The fraction of sp³-hybridized carbons (Fsp3) is 0.310. The quantitative estimate of drug-likeness (QED) is 0.380. The minimum atomic E-state index is -0.502. The maximum absolute atomic E-state index is 13.0. The molecule has 3 aliphatic rings. The number of hydrogen-bond acceptors (Lipinski definition) is 6. The number of thiophene rings is 1. The van der Waals surface area contributed by atoms with E-state index in [9.17, 15) is 4.79 Å². The highest BCUT2D eigenvalue weighted by Crippen LogP contribution is 2.65. The molecule has 7 rings (SSSR count). The summed E-state index contributed by atoms with van der Waals surface area (Å²) < 4.78 is 10.9. The molecule has 1 aliphatic carbocycles. The van der Waals surface area contributed by atoms with Gasteiger partial charge in [0.1, 0.15) is 5.75 Å². The van der Waals surface area contributed by atoms with Gasteiger partial charge in [-0.25, -0.2) is 0 Å². The average Bonchev–Trinajstić information content (AvgIpc) is 3.16. The molecule has 2 N–H and O–H groups in total. The molecule has 4 heterocycles. The second-order valence-corrected chi connectivity index (χ2v) is 11.1. The second-order valence-electron chi connectivity index (χ2n) is 10.1. The van der Waals surface area contributed by atoms with E-state index in [1.807, 2.05) is 18.2 Å². The van der Waals surface area contributed by atoms with Crippen LogP contribution in [-0.2, 0) is 21.5 Å². The van der Waals surface area contributed by atoms with Crippen molar-refractivity contribution in [3.63, 3.8) is 0 Å². The molecule has 2 atom stereocenters. The first-order valence-corrected chi connectivity index (χ1v) is 13.6. The molecule has 1 amide bonds. The third-order valence-corrected chi connectivity index (χ3v) is 8.87. The number of nitrogens with zero attached hydrogens (tertiary/aromatic N) is 2. The summed E-state index contributed by atoms with van der Waals surface area (Å²) >= 11 is 1.80. The molecule has 4 aromatic rings. The number of aromatic amines is 1. The Kier molecular flexibility index (Phi) is 5.42. The standard InChI is InChI=1S/C29H28N4O3S/c1-35-20-4-7-26-23(14-20)29(28(34)30-26)15-24(29)19-3-5-22-25(31-32-27(22)13-19)6-2-18-12-21(37-17-18)16-33-8-10-36-11-9-33/h2-7,12-14,17,24H,8-11,15-16H2,1H3,(H,30,34)(H,31,32)/b6-2+/t24-,29?/m0/s1. The van der Waals surface area contributed by atoms with Gasteiger partial charge in [-0.2, -0.15) is 5.10 Å². The Morgan fingerprint density at radius 1 is 1.19 bits per heavy atom.